The summed E-state index contributed by atoms with van der Waals surface area (Å²) >= 11 is 3.46. The first-order valence-corrected chi connectivity index (χ1v) is 13.9. The molecule has 0 spiro atoms. The van der Waals surface area contributed by atoms with Gasteiger partial charge in [0.2, 0.25) is 0 Å². The van der Waals surface area contributed by atoms with Crippen LogP contribution in [0, 0.1) is 6.92 Å². The van der Waals surface area contributed by atoms with Crippen molar-refractivity contribution in [2.75, 3.05) is 6.54 Å². The fourth-order valence-electron chi connectivity index (χ4n) is 4.79. The van der Waals surface area contributed by atoms with E-state index in [0.717, 1.165) is 16.1 Å². The number of carbonyl (C=O) groups excluding carboxylic acids is 2. The summed E-state index contributed by atoms with van der Waals surface area (Å²) in [5.41, 5.74) is 1.26. The molecular formula is C32H30BrF3N2O3. The SMILES string of the molecule is Cc1c(-c2ccccc2)nc2ccc(Br)cc2c1C(=O)NCC(CC(=O)OC(C)(C)C)c1ccccc1C(F)(F)F. The van der Waals surface area contributed by atoms with Crippen LogP contribution in [-0.2, 0) is 15.7 Å². The van der Waals surface area contributed by atoms with Gasteiger partial charge in [-0.1, -0.05) is 64.5 Å². The summed E-state index contributed by atoms with van der Waals surface area (Å²) in [7, 11) is 0. The zero-order valence-corrected chi connectivity index (χ0v) is 24.7. The normalized spacial score (nSPS) is 12.7. The molecule has 0 aliphatic carbocycles. The number of nitrogens with zero attached hydrogens (tertiary/aromatic N) is 1. The van der Waals surface area contributed by atoms with Crippen molar-refractivity contribution in [3.63, 3.8) is 0 Å². The van der Waals surface area contributed by atoms with Crippen LogP contribution in [0.4, 0.5) is 13.2 Å². The molecule has 5 nitrogen and oxygen atoms in total. The van der Waals surface area contributed by atoms with Gasteiger partial charge in [0.1, 0.15) is 5.60 Å². The highest BCUT2D eigenvalue weighted by atomic mass is 79.9. The molecule has 3 aromatic carbocycles. The standard InChI is InChI=1S/C32H30BrF3N2O3/c1-19-28(24-17-22(33)14-15-26(24)38-29(19)20-10-6-5-7-11-20)30(40)37-18-21(16-27(39)41-31(2,3)4)23-12-8-9-13-25(23)32(34,35)36/h5-15,17,21H,16,18H2,1-4H3,(H,37,40). The Labute approximate surface area is 245 Å². The molecule has 0 fully saturated rings. The van der Waals surface area contributed by atoms with Crippen LogP contribution < -0.4 is 5.32 Å². The van der Waals surface area contributed by atoms with E-state index >= 15 is 0 Å². The van der Waals surface area contributed by atoms with Gasteiger partial charge in [0, 0.05) is 27.9 Å². The first kappa shape index (κ1) is 30.2. The number of benzene rings is 3. The highest BCUT2D eigenvalue weighted by Gasteiger charge is 2.36. The Balaban J connectivity index is 1.74. The molecule has 1 atom stereocenters. The predicted octanol–water partition coefficient (Wildman–Crippen LogP) is 8.24. The average molecular weight is 628 g/mol. The largest absolute Gasteiger partial charge is 0.460 e. The van der Waals surface area contributed by atoms with Crippen molar-refractivity contribution < 1.29 is 27.5 Å². The molecule has 9 heteroatoms. The molecule has 4 aromatic rings. The summed E-state index contributed by atoms with van der Waals surface area (Å²) in [6, 6.07) is 19.9. The van der Waals surface area contributed by atoms with Gasteiger partial charge in [0.15, 0.2) is 0 Å². The number of fused-ring (bicyclic) bond motifs is 1. The van der Waals surface area contributed by atoms with Gasteiger partial charge in [-0.15, -0.1) is 0 Å². The molecular weight excluding hydrogens is 597 g/mol. The number of hydrogen-bond donors (Lipinski definition) is 1. The molecule has 0 bridgehead atoms. The van der Waals surface area contributed by atoms with Crippen molar-refractivity contribution in [3.8, 4) is 11.3 Å². The maximum Gasteiger partial charge on any atom is 0.416 e. The smallest absolute Gasteiger partial charge is 0.416 e. The van der Waals surface area contributed by atoms with Crippen molar-refractivity contribution in [1.82, 2.24) is 10.3 Å². The van der Waals surface area contributed by atoms with Crippen LogP contribution in [0.3, 0.4) is 0 Å². The van der Waals surface area contributed by atoms with Gasteiger partial charge in [-0.05, 0) is 63.1 Å². The maximum atomic E-state index is 13.9. The van der Waals surface area contributed by atoms with Crippen LogP contribution in [0.25, 0.3) is 22.2 Å². The second kappa shape index (κ2) is 12.0. The van der Waals surface area contributed by atoms with Crippen molar-refractivity contribution >= 4 is 38.7 Å². The van der Waals surface area contributed by atoms with Gasteiger partial charge in [0.25, 0.3) is 5.91 Å². The molecule has 1 amide bonds. The zero-order valence-electron chi connectivity index (χ0n) is 23.1. The molecule has 0 radical (unpaired) electrons. The molecule has 1 aromatic heterocycles. The second-order valence-electron chi connectivity index (χ2n) is 10.8. The Hall–Kier alpha value is -3.72. The highest BCUT2D eigenvalue weighted by Crippen LogP contribution is 2.37. The number of ether oxygens (including phenoxy) is 1. The lowest BCUT2D eigenvalue weighted by molar-refractivity contribution is -0.155. The average Bonchev–Trinajstić information content (AvgIpc) is 2.89. The summed E-state index contributed by atoms with van der Waals surface area (Å²) in [5, 5.41) is 3.41. The van der Waals surface area contributed by atoms with Crippen LogP contribution >= 0.6 is 15.9 Å². The Kier molecular flexibility index (Phi) is 8.87. The van der Waals surface area contributed by atoms with Crippen molar-refractivity contribution in [2.45, 2.75) is 51.8 Å². The number of esters is 1. The third kappa shape index (κ3) is 7.33. The Bertz CT molecular complexity index is 1580. The van der Waals surface area contributed by atoms with Gasteiger partial charge in [0.05, 0.1) is 28.8 Å². The van der Waals surface area contributed by atoms with E-state index in [0.29, 0.717) is 27.7 Å². The van der Waals surface area contributed by atoms with Gasteiger partial charge in [-0.3, -0.25) is 9.59 Å². The van der Waals surface area contributed by atoms with E-state index in [9.17, 15) is 22.8 Å². The van der Waals surface area contributed by atoms with Gasteiger partial charge in [-0.2, -0.15) is 13.2 Å². The molecule has 0 aliphatic rings. The lowest BCUT2D eigenvalue weighted by Crippen LogP contribution is -2.32. The molecule has 1 unspecified atom stereocenters. The molecule has 0 saturated heterocycles. The molecule has 0 aliphatic heterocycles. The quantitative estimate of drug-likeness (QED) is 0.210. The van der Waals surface area contributed by atoms with Crippen LogP contribution in [0.15, 0.2) is 77.3 Å². The molecule has 41 heavy (non-hydrogen) atoms. The van der Waals surface area contributed by atoms with Crippen LogP contribution in [0.5, 0.6) is 0 Å². The fraction of sp³-hybridized carbons (Fsp3) is 0.281. The third-order valence-corrected chi connectivity index (χ3v) is 7.01. The predicted molar refractivity (Wildman–Crippen MR) is 157 cm³/mol. The van der Waals surface area contributed by atoms with Crippen LogP contribution in [-0.4, -0.2) is 29.0 Å². The van der Waals surface area contributed by atoms with Crippen molar-refractivity contribution in [3.05, 3.63) is 99.5 Å². The first-order valence-electron chi connectivity index (χ1n) is 13.1. The maximum absolute atomic E-state index is 13.9. The van der Waals surface area contributed by atoms with Crippen LogP contribution in [0.2, 0.25) is 0 Å². The Morgan fingerprint density at radius 1 is 0.976 bits per heavy atom. The van der Waals surface area contributed by atoms with E-state index in [1.165, 1.54) is 18.2 Å². The molecule has 1 N–H and O–H groups in total. The number of amides is 1. The lowest BCUT2D eigenvalue weighted by atomic mass is 9.90. The lowest BCUT2D eigenvalue weighted by Gasteiger charge is -2.25. The van der Waals surface area contributed by atoms with E-state index in [1.807, 2.05) is 36.4 Å². The Morgan fingerprint density at radius 2 is 1.63 bits per heavy atom. The fourth-order valence-corrected chi connectivity index (χ4v) is 5.15. The first-order chi connectivity index (χ1) is 19.2. The summed E-state index contributed by atoms with van der Waals surface area (Å²) < 4.78 is 48.0. The minimum atomic E-state index is -4.64. The number of aromatic nitrogens is 1. The van der Waals surface area contributed by atoms with E-state index in [4.69, 9.17) is 9.72 Å². The van der Waals surface area contributed by atoms with Crippen LogP contribution in [0.1, 0.15) is 60.2 Å². The highest BCUT2D eigenvalue weighted by molar-refractivity contribution is 9.10. The summed E-state index contributed by atoms with van der Waals surface area (Å²) in [6.45, 7) is 6.63. The summed E-state index contributed by atoms with van der Waals surface area (Å²) in [5.74, 6) is -2.13. The monoisotopic (exact) mass is 626 g/mol. The topological polar surface area (TPSA) is 68.3 Å². The number of nitrogens with one attached hydrogen (secondary N) is 1. The number of pyridine rings is 1. The minimum Gasteiger partial charge on any atom is -0.460 e. The number of carbonyl (C=O) groups is 2. The van der Waals surface area contributed by atoms with E-state index in [-0.39, 0.29) is 18.5 Å². The number of hydrogen-bond acceptors (Lipinski definition) is 4. The minimum absolute atomic E-state index is 0.0878. The number of rotatable bonds is 7. The van der Waals surface area contributed by atoms with Gasteiger partial charge < -0.3 is 10.1 Å². The molecule has 1 heterocycles. The third-order valence-electron chi connectivity index (χ3n) is 6.51. The molecule has 4 rings (SSSR count). The molecule has 214 valence electrons. The summed E-state index contributed by atoms with van der Waals surface area (Å²) in [6.07, 6.45) is -4.98. The number of alkyl halides is 3. The van der Waals surface area contributed by atoms with Crippen molar-refractivity contribution in [2.24, 2.45) is 0 Å². The van der Waals surface area contributed by atoms with E-state index in [2.05, 4.69) is 21.2 Å². The second-order valence-corrected chi connectivity index (χ2v) is 11.7. The van der Waals surface area contributed by atoms with Crippen molar-refractivity contribution in [1.29, 1.82) is 0 Å². The Morgan fingerprint density at radius 3 is 2.29 bits per heavy atom. The van der Waals surface area contributed by atoms with Gasteiger partial charge in [-0.25, -0.2) is 4.98 Å². The molecule has 0 saturated carbocycles. The number of halogens is 4. The van der Waals surface area contributed by atoms with E-state index in [1.54, 1.807) is 39.8 Å². The van der Waals surface area contributed by atoms with Gasteiger partial charge >= 0.3 is 12.1 Å². The zero-order chi connectivity index (χ0) is 29.9. The summed E-state index contributed by atoms with van der Waals surface area (Å²) in [4.78, 5) is 31.4. The van der Waals surface area contributed by atoms with E-state index < -0.39 is 35.1 Å².